The van der Waals surface area contributed by atoms with E-state index < -0.39 is 10.0 Å². The van der Waals surface area contributed by atoms with Crippen LogP contribution in [0.2, 0.25) is 0 Å². The Kier molecular flexibility index (Phi) is 3.15. The van der Waals surface area contributed by atoms with E-state index in [0.717, 1.165) is 11.1 Å². The molecule has 0 spiro atoms. The highest BCUT2D eigenvalue weighted by molar-refractivity contribution is 7.89. The van der Waals surface area contributed by atoms with E-state index in [2.05, 4.69) is 0 Å². The smallest absolute Gasteiger partial charge is 0.207 e. The van der Waals surface area contributed by atoms with Crippen molar-refractivity contribution >= 4 is 10.0 Å². The van der Waals surface area contributed by atoms with Crippen molar-refractivity contribution < 1.29 is 8.42 Å². The van der Waals surface area contributed by atoms with Gasteiger partial charge in [-0.2, -0.15) is 4.31 Å². The van der Waals surface area contributed by atoms with Crippen LogP contribution in [-0.4, -0.2) is 19.3 Å². The van der Waals surface area contributed by atoms with Gasteiger partial charge in [-0.25, -0.2) is 8.42 Å². The first-order chi connectivity index (χ1) is 9.48. The summed E-state index contributed by atoms with van der Waals surface area (Å²) in [7, 11) is -3.36. The quantitative estimate of drug-likeness (QED) is 0.814. The first-order valence-corrected chi connectivity index (χ1v) is 8.07. The van der Waals surface area contributed by atoms with Crippen molar-refractivity contribution in [3.63, 3.8) is 0 Å². The molecule has 2 aromatic carbocycles. The lowest BCUT2D eigenvalue weighted by atomic mass is 10.1. The number of hydrogen-bond donors (Lipinski definition) is 0. The lowest BCUT2D eigenvalue weighted by molar-refractivity contribution is 0.554. The summed E-state index contributed by atoms with van der Waals surface area (Å²) in [4.78, 5) is 0.373. The van der Waals surface area contributed by atoms with E-state index in [9.17, 15) is 8.42 Å². The highest BCUT2D eigenvalue weighted by Crippen LogP contribution is 2.40. The third-order valence-electron chi connectivity index (χ3n) is 3.66. The Morgan fingerprint density at radius 1 is 0.900 bits per heavy atom. The van der Waals surface area contributed by atoms with Crippen molar-refractivity contribution in [2.24, 2.45) is 0 Å². The topological polar surface area (TPSA) is 37.1 Å². The van der Waals surface area contributed by atoms with E-state index in [1.165, 1.54) is 5.56 Å². The van der Waals surface area contributed by atoms with Gasteiger partial charge < -0.3 is 0 Å². The van der Waals surface area contributed by atoms with E-state index in [1.54, 1.807) is 16.4 Å². The second kappa shape index (κ2) is 4.72. The molecule has 3 rings (SSSR count). The molecule has 1 saturated heterocycles. The van der Waals surface area contributed by atoms with Crippen LogP contribution in [-0.2, 0) is 10.0 Å². The van der Waals surface area contributed by atoms with Crippen molar-refractivity contribution in [2.45, 2.75) is 24.8 Å². The van der Waals surface area contributed by atoms with Crippen molar-refractivity contribution in [1.82, 2.24) is 4.31 Å². The fraction of sp³-hybridized carbons (Fsp3) is 0.250. The van der Waals surface area contributed by atoms with Gasteiger partial charge in [-0.15, -0.1) is 0 Å². The van der Waals surface area contributed by atoms with Gasteiger partial charge in [0.2, 0.25) is 10.0 Å². The van der Waals surface area contributed by atoms with Crippen molar-refractivity contribution in [3.05, 3.63) is 65.2 Å². The normalized spacial score (nSPS) is 21.7. The van der Waals surface area contributed by atoms with Crippen molar-refractivity contribution in [3.8, 4) is 0 Å². The summed E-state index contributed by atoms with van der Waals surface area (Å²) in [5, 5.41) is 0. The summed E-state index contributed by atoms with van der Waals surface area (Å²) >= 11 is 0. The largest absolute Gasteiger partial charge is 0.243 e. The molecular formula is C16H17NO2S. The molecule has 1 fully saturated rings. The minimum Gasteiger partial charge on any atom is -0.207 e. The summed E-state index contributed by atoms with van der Waals surface area (Å²) in [6.07, 6.45) is 0. The maximum Gasteiger partial charge on any atom is 0.243 e. The molecule has 0 amide bonds. The Balaban J connectivity index is 1.84. The van der Waals surface area contributed by atoms with Gasteiger partial charge in [0.15, 0.2) is 0 Å². The minimum atomic E-state index is -3.36. The zero-order chi connectivity index (χ0) is 14.3. The molecule has 1 aliphatic heterocycles. The third-order valence-corrected chi connectivity index (χ3v) is 5.55. The summed E-state index contributed by atoms with van der Waals surface area (Å²) in [5.74, 6) is 0. The van der Waals surface area contributed by atoms with Gasteiger partial charge in [-0.3, -0.25) is 0 Å². The molecule has 0 radical (unpaired) electrons. The van der Waals surface area contributed by atoms with E-state index in [-0.39, 0.29) is 6.04 Å². The molecule has 0 bridgehead atoms. The van der Waals surface area contributed by atoms with Gasteiger partial charge in [0.05, 0.1) is 10.9 Å². The van der Waals surface area contributed by atoms with Crippen molar-refractivity contribution in [2.75, 3.05) is 6.54 Å². The second-order valence-electron chi connectivity index (χ2n) is 5.31. The first-order valence-electron chi connectivity index (χ1n) is 6.63. The minimum absolute atomic E-state index is 0.0121. The Bertz CT molecular complexity index is 718. The molecule has 2 atom stereocenters. The highest BCUT2D eigenvalue weighted by Gasteiger charge is 2.45. The van der Waals surface area contributed by atoms with Gasteiger partial charge in [0, 0.05) is 6.54 Å². The standard InChI is InChI=1S/C16H17NO2S/c1-12-3-7-14(8-4-12)16-11-17(16)20(18,19)15-9-5-13(2)6-10-15/h3-10,16H,11H2,1-2H3. The average Bonchev–Trinajstić information content (AvgIpc) is 3.21. The highest BCUT2D eigenvalue weighted by atomic mass is 32.2. The molecule has 1 aliphatic rings. The number of rotatable bonds is 3. The summed E-state index contributed by atoms with van der Waals surface area (Å²) in [6, 6.07) is 15.0. The number of sulfonamides is 1. The first kappa shape index (κ1) is 13.3. The van der Waals surface area contributed by atoms with Crippen LogP contribution >= 0.6 is 0 Å². The Morgan fingerprint density at radius 3 is 1.95 bits per heavy atom. The molecule has 3 nitrogen and oxygen atoms in total. The van der Waals surface area contributed by atoms with Crippen molar-refractivity contribution in [1.29, 1.82) is 0 Å². The number of aryl methyl sites for hydroxylation is 2. The Morgan fingerprint density at radius 2 is 1.40 bits per heavy atom. The van der Waals surface area contributed by atoms with E-state index in [0.29, 0.717) is 11.4 Å². The van der Waals surface area contributed by atoms with Crippen LogP contribution in [0.25, 0.3) is 0 Å². The van der Waals surface area contributed by atoms with E-state index >= 15 is 0 Å². The van der Waals surface area contributed by atoms with E-state index in [4.69, 9.17) is 0 Å². The summed E-state index contributed by atoms with van der Waals surface area (Å²) in [6.45, 7) is 4.54. The van der Waals surface area contributed by atoms with Crippen LogP contribution in [0.3, 0.4) is 0 Å². The van der Waals surface area contributed by atoms with Crippen LogP contribution in [0, 0.1) is 13.8 Å². The third kappa shape index (κ3) is 2.37. The molecule has 2 aromatic rings. The van der Waals surface area contributed by atoms with Gasteiger partial charge in [0.25, 0.3) is 0 Å². The van der Waals surface area contributed by atoms with Gasteiger partial charge in [-0.05, 0) is 31.5 Å². The molecule has 104 valence electrons. The molecular weight excluding hydrogens is 270 g/mol. The lowest BCUT2D eigenvalue weighted by Gasteiger charge is -2.07. The maximum absolute atomic E-state index is 12.5. The summed E-state index contributed by atoms with van der Waals surface area (Å²) < 4.78 is 26.5. The fourth-order valence-electron chi connectivity index (χ4n) is 2.29. The fourth-order valence-corrected chi connectivity index (χ4v) is 3.84. The van der Waals surface area contributed by atoms with Crippen LogP contribution in [0.4, 0.5) is 0 Å². The van der Waals surface area contributed by atoms with Crippen LogP contribution in [0.15, 0.2) is 53.4 Å². The van der Waals surface area contributed by atoms with E-state index in [1.807, 2.05) is 50.2 Å². The predicted octanol–water partition coefficient (Wildman–Crippen LogP) is 3.05. The molecule has 0 N–H and O–H groups in total. The molecule has 0 aromatic heterocycles. The van der Waals surface area contributed by atoms with Crippen LogP contribution < -0.4 is 0 Å². The SMILES string of the molecule is Cc1ccc(C2CN2S(=O)(=O)c2ccc(C)cc2)cc1. The van der Waals surface area contributed by atoms with Crippen LogP contribution in [0.1, 0.15) is 22.7 Å². The van der Waals surface area contributed by atoms with Gasteiger partial charge >= 0.3 is 0 Å². The predicted molar refractivity (Wildman–Crippen MR) is 79.0 cm³/mol. The number of benzene rings is 2. The zero-order valence-corrected chi connectivity index (χ0v) is 12.4. The molecule has 2 unspecified atom stereocenters. The van der Waals surface area contributed by atoms with Gasteiger partial charge in [0.1, 0.15) is 0 Å². The number of nitrogens with zero attached hydrogens (tertiary/aromatic N) is 1. The Hall–Kier alpha value is -1.65. The maximum atomic E-state index is 12.5. The zero-order valence-electron chi connectivity index (χ0n) is 11.6. The molecule has 4 heteroatoms. The Labute approximate surface area is 119 Å². The lowest BCUT2D eigenvalue weighted by Crippen LogP contribution is -2.12. The summed E-state index contributed by atoms with van der Waals surface area (Å²) in [5.41, 5.74) is 3.30. The monoisotopic (exact) mass is 287 g/mol. The molecule has 0 aliphatic carbocycles. The van der Waals surface area contributed by atoms with Crippen LogP contribution in [0.5, 0.6) is 0 Å². The van der Waals surface area contributed by atoms with Gasteiger partial charge in [-0.1, -0.05) is 47.5 Å². The average molecular weight is 287 g/mol. The molecule has 0 saturated carbocycles. The second-order valence-corrected chi connectivity index (χ2v) is 7.20. The molecule has 1 heterocycles. The molecule has 20 heavy (non-hydrogen) atoms. The number of hydrogen-bond acceptors (Lipinski definition) is 2.